The van der Waals surface area contributed by atoms with Gasteiger partial charge in [0.25, 0.3) is 0 Å². The second-order valence-corrected chi connectivity index (χ2v) is 11.0. The van der Waals surface area contributed by atoms with Gasteiger partial charge in [0.1, 0.15) is 0 Å². The maximum Gasteiger partial charge on any atom is 0.356 e. The van der Waals surface area contributed by atoms with Gasteiger partial charge in [-0.2, -0.15) is 9.78 Å². The molecule has 1 spiro atoms. The van der Waals surface area contributed by atoms with Crippen LogP contribution in [0.15, 0.2) is 30.5 Å². The van der Waals surface area contributed by atoms with E-state index in [1.807, 2.05) is 0 Å². The molecule has 4 aliphatic rings. The number of hydrogen-bond acceptors (Lipinski definition) is 6. The van der Waals surface area contributed by atoms with Crippen molar-refractivity contribution in [2.75, 3.05) is 37.6 Å². The maximum absolute atomic E-state index is 12.9. The molecule has 2 aromatic rings. The third kappa shape index (κ3) is 4.28. The number of amides is 1. The van der Waals surface area contributed by atoms with Crippen molar-refractivity contribution < 1.29 is 19.4 Å². The predicted octanol–water partition coefficient (Wildman–Crippen LogP) is 3.36. The van der Waals surface area contributed by atoms with Crippen molar-refractivity contribution in [1.29, 1.82) is 0 Å². The van der Waals surface area contributed by atoms with Crippen LogP contribution in [0.5, 0.6) is 0 Å². The highest BCUT2D eigenvalue weighted by atomic mass is 16.5. The van der Waals surface area contributed by atoms with E-state index in [0.29, 0.717) is 25.3 Å². The number of benzene rings is 1. The van der Waals surface area contributed by atoms with Crippen LogP contribution < -0.4 is 4.90 Å². The van der Waals surface area contributed by atoms with Crippen LogP contribution in [-0.4, -0.2) is 87.2 Å². The fourth-order valence-corrected chi connectivity index (χ4v) is 6.73. The van der Waals surface area contributed by atoms with Crippen molar-refractivity contribution in [2.24, 2.45) is 0 Å². The number of ether oxygens (including phenoxy) is 1. The number of piperidine rings is 1. The molecule has 1 aromatic carbocycles. The van der Waals surface area contributed by atoms with E-state index in [-0.39, 0.29) is 17.3 Å². The lowest BCUT2D eigenvalue weighted by Gasteiger charge is -2.45. The number of anilines is 1. The number of morpholine rings is 1. The van der Waals surface area contributed by atoms with E-state index in [0.717, 1.165) is 50.1 Å². The number of rotatable bonds is 4. The van der Waals surface area contributed by atoms with Crippen LogP contribution in [0.2, 0.25) is 0 Å². The van der Waals surface area contributed by atoms with Gasteiger partial charge in [-0.05, 0) is 75.3 Å². The fraction of sp³-hybridized carbons (Fsp3) is 0.593. The first-order chi connectivity index (χ1) is 17.4. The van der Waals surface area contributed by atoms with Gasteiger partial charge in [0.05, 0.1) is 12.2 Å². The zero-order valence-corrected chi connectivity index (χ0v) is 20.9. The Balaban J connectivity index is 1.15. The highest BCUT2D eigenvalue weighted by Crippen LogP contribution is 2.41. The number of aryl methyl sites for hydroxylation is 1. The molecule has 9 nitrogen and oxygen atoms in total. The summed E-state index contributed by atoms with van der Waals surface area (Å²) in [7, 11) is 0. The number of aromatic nitrogens is 2. The second kappa shape index (κ2) is 9.19. The number of carbonyl (C=O) groups is 2. The molecule has 0 radical (unpaired) electrons. The average molecular weight is 494 g/mol. The van der Waals surface area contributed by atoms with Crippen molar-refractivity contribution in [2.45, 2.75) is 69.7 Å². The summed E-state index contributed by atoms with van der Waals surface area (Å²) in [4.78, 5) is 31.1. The lowest BCUT2D eigenvalue weighted by atomic mass is 9.84. The monoisotopic (exact) mass is 493 g/mol. The van der Waals surface area contributed by atoms with E-state index in [9.17, 15) is 9.59 Å². The van der Waals surface area contributed by atoms with E-state index >= 15 is 0 Å². The van der Waals surface area contributed by atoms with Crippen LogP contribution in [0, 0.1) is 6.92 Å². The van der Waals surface area contributed by atoms with Gasteiger partial charge in [0.15, 0.2) is 5.69 Å². The zero-order valence-electron chi connectivity index (χ0n) is 20.9. The number of carboxylic acid groups (broad SMARTS) is 1. The number of fused-ring (bicyclic) bond motifs is 2. The second-order valence-electron chi connectivity index (χ2n) is 11.0. The van der Waals surface area contributed by atoms with Gasteiger partial charge in [0.2, 0.25) is 0 Å². The molecular formula is C27H35N5O4. The Morgan fingerprint density at radius 3 is 2.53 bits per heavy atom. The predicted molar refractivity (Wildman–Crippen MR) is 134 cm³/mol. The molecule has 4 aliphatic heterocycles. The summed E-state index contributed by atoms with van der Waals surface area (Å²) in [5.74, 6) is -1.12. The van der Waals surface area contributed by atoms with Crippen LogP contribution in [0.25, 0.3) is 0 Å². The van der Waals surface area contributed by atoms with Crippen molar-refractivity contribution in [1.82, 2.24) is 19.6 Å². The normalized spacial score (nSPS) is 25.6. The third-order valence-electron chi connectivity index (χ3n) is 8.70. The highest BCUT2D eigenvalue weighted by Gasteiger charge is 2.44. The third-order valence-corrected chi connectivity index (χ3v) is 8.70. The van der Waals surface area contributed by atoms with Crippen LogP contribution in [-0.2, 0) is 11.3 Å². The van der Waals surface area contributed by atoms with Gasteiger partial charge in [-0.1, -0.05) is 12.1 Å². The van der Waals surface area contributed by atoms with E-state index in [4.69, 9.17) is 9.84 Å². The first-order valence-corrected chi connectivity index (χ1v) is 13.2. The highest BCUT2D eigenvalue weighted by molar-refractivity contribution is 5.86. The van der Waals surface area contributed by atoms with Gasteiger partial charge < -0.3 is 19.6 Å². The summed E-state index contributed by atoms with van der Waals surface area (Å²) in [6.07, 6.45) is 8.68. The molecule has 1 amide bonds. The van der Waals surface area contributed by atoms with Gasteiger partial charge in [-0.25, -0.2) is 9.59 Å². The molecule has 9 heteroatoms. The number of hydrogen-bond donors (Lipinski definition) is 1. The molecule has 2 atom stereocenters. The number of carboxylic acids is 1. The largest absolute Gasteiger partial charge is 0.476 e. The summed E-state index contributed by atoms with van der Waals surface area (Å²) in [6.45, 7) is 7.45. The SMILES string of the molecule is Cc1ccc(CN2CCCC23CCN(C(=O)n2ccc(C(=O)O)n2)CC3)c(N2CC3CCC(C2)O3)c1. The van der Waals surface area contributed by atoms with E-state index < -0.39 is 5.97 Å². The Bertz CT molecular complexity index is 1140. The Morgan fingerprint density at radius 2 is 1.83 bits per heavy atom. The van der Waals surface area contributed by atoms with Crippen LogP contribution in [0.4, 0.5) is 10.5 Å². The quantitative estimate of drug-likeness (QED) is 0.698. The van der Waals surface area contributed by atoms with E-state index in [1.54, 1.807) is 4.90 Å². The number of carbonyl (C=O) groups excluding carboxylic acids is 1. The maximum atomic E-state index is 12.9. The number of aromatic carboxylic acids is 1. The van der Waals surface area contributed by atoms with Crippen molar-refractivity contribution >= 4 is 17.7 Å². The van der Waals surface area contributed by atoms with Gasteiger partial charge >= 0.3 is 12.0 Å². The first kappa shape index (κ1) is 23.5. The average Bonchev–Trinajstić information content (AvgIpc) is 3.60. The lowest BCUT2D eigenvalue weighted by molar-refractivity contribution is 0.0301. The van der Waals surface area contributed by atoms with Crippen molar-refractivity contribution in [3.8, 4) is 0 Å². The Kier molecular flexibility index (Phi) is 6.00. The molecule has 2 bridgehead atoms. The van der Waals surface area contributed by atoms with Gasteiger partial charge in [0, 0.05) is 50.1 Å². The standard InChI is InChI=1S/C27H35N5O4/c1-19-3-4-20(24(15-19)30-17-21-5-6-22(18-30)36-21)16-31-11-2-8-27(31)9-13-29(14-10-27)26(35)32-12-7-23(28-32)25(33)34/h3-4,7,12,15,21-22H,2,5-6,8-11,13-14,16-18H2,1H3,(H,33,34). The van der Waals surface area contributed by atoms with Gasteiger partial charge in [-0.3, -0.25) is 4.90 Å². The van der Waals surface area contributed by atoms with Crippen molar-refractivity contribution in [3.63, 3.8) is 0 Å². The fourth-order valence-electron chi connectivity index (χ4n) is 6.73. The molecule has 0 saturated carbocycles. The van der Waals surface area contributed by atoms with Crippen LogP contribution in [0.1, 0.15) is 60.1 Å². The summed E-state index contributed by atoms with van der Waals surface area (Å²) >= 11 is 0. The molecule has 1 N–H and O–H groups in total. The summed E-state index contributed by atoms with van der Waals surface area (Å²) < 4.78 is 7.25. The molecule has 4 saturated heterocycles. The smallest absolute Gasteiger partial charge is 0.356 e. The molecular weight excluding hydrogens is 458 g/mol. The number of nitrogens with zero attached hydrogens (tertiary/aromatic N) is 5. The van der Waals surface area contributed by atoms with Crippen LogP contribution in [0.3, 0.4) is 0 Å². The molecule has 192 valence electrons. The molecule has 6 rings (SSSR count). The van der Waals surface area contributed by atoms with Crippen molar-refractivity contribution in [3.05, 3.63) is 47.3 Å². The molecule has 36 heavy (non-hydrogen) atoms. The molecule has 1 aromatic heterocycles. The number of likely N-dealkylation sites (tertiary alicyclic amines) is 2. The van der Waals surface area contributed by atoms with Gasteiger partial charge in [-0.15, -0.1) is 0 Å². The minimum Gasteiger partial charge on any atom is -0.476 e. The minimum absolute atomic E-state index is 0.110. The van der Waals surface area contributed by atoms with E-state index in [2.05, 4.69) is 40.0 Å². The Morgan fingerprint density at radius 1 is 1.08 bits per heavy atom. The molecule has 5 heterocycles. The molecule has 2 unspecified atom stereocenters. The Labute approximate surface area is 211 Å². The lowest BCUT2D eigenvalue weighted by Crippen LogP contribution is -2.53. The first-order valence-electron chi connectivity index (χ1n) is 13.2. The molecule has 4 fully saturated rings. The summed E-state index contributed by atoms with van der Waals surface area (Å²) in [6, 6.07) is 8.01. The summed E-state index contributed by atoms with van der Waals surface area (Å²) in [5, 5.41) is 13.0. The van der Waals surface area contributed by atoms with E-state index in [1.165, 1.54) is 48.3 Å². The van der Waals surface area contributed by atoms with Crippen LogP contribution >= 0.6 is 0 Å². The molecule has 0 aliphatic carbocycles. The Hall–Kier alpha value is -2.91. The minimum atomic E-state index is -1.12. The topological polar surface area (TPSA) is 91.1 Å². The zero-order chi connectivity index (χ0) is 24.9. The summed E-state index contributed by atoms with van der Waals surface area (Å²) in [5.41, 5.74) is 4.04.